The van der Waals surface area contributed by atoms with Crippen molar-refractivity contribution in [2.45, 2.75) is 44.6 Å². The van der Waals surface area contributed by atoms with E-state index in [0.717, 1.165) is 12.8 Å². The van der Waals surface area contributed by atoms with Crippen LogP contribution in [-0.2, 0) is 14.8 Å². The number of rotatable bonds is 6. The number of hydrogen-bond acceptors (Lipinski definition) is 4. The van der Waals surface area contributed by atoms with E-state index in [9.17, 15) is 13.2 Å². The highest BCUT2D eigenvalue weighted by atomic mass is 32.2. The monoisotopic (exact) mass is 325 g/mol. The Morgan fingerprint density at radius 1 is 1.18 bits per heavy atom. The molecule has 0 aromatic heterocycles. The lowest BCUT2D eigenvalue weighted by Gasteiger charge is -2.22. The van der Waals surface area contributed by atoms with Gasteiger partial charge in [-0.05, 0) is 43.5 Å². The van der Waals surface area contributed by atoms with Gasteiger partial charge in [-0.15, -0.1) is 0 Å². The third-order valence-corrected chi connectivity index (χ3v) is 5.33. The molecule has 6 nitrogen and oxygen atoms in total. The fraction of sp³-hybridized carbons (Fsp3) is 0.533. The number of anilines is 2. The van der Waals surface area contributed by atoms with Crippen LogP contribution in [0.1, 0.15) is 39.0 Å². The Bertz CT molecular complexity index is 620. The molecule has 0 aliphatic heterocycles. The molecule has 0 spiro atoms. The van der Waals surface area contributed by atoms with E-state index in [4.69, 9.17) is 5.73 Å². The van der Waals surface area contributed by atoms with Crippen molar-refractivity contribution in [2.75, 3.05) is 15.8 Å². The zero-order valence-corrected chi connectivity index (χ0v) is 13.6. The summed E-state index contributed by atoms with van der Waals surface area (Å²) in [6.45, 7) is 1.81. The van der Waals surface area contributed by atoms with E-state index in [-0.39, 0.29) is 11.7 Å². The molecule has 0 bridgehead atoms. The maximum absolute atomic E-state index is 12.2. The second-order valence-corrected chi connectivity index (χ2v) is 7.66. The molecule has 0 saturated heterocycles. The molecule has 1 amide bonds. The maximum atomic E-state index is 12.2. The van der Waals surface area contributed by atoms with E-state index >= 15 is 0 Å². The van der Waals surface area contributed by atoms with E-state index in [1.807, 2.05) is 6.92 Å². The number of nitrogens with two attached hydrogens (primary N) is 1. The van der Waals surface area contributed by atoms with Crippen LogP contribution >= 0.6 is 0 Å². The van der Waals surface area contributed by atoms with Crippen molar-refractivity contribution >= 4 is 27.3 Å². The highest BCUT2D eigenvalue weighted by molar-refractivity contribution is 7.92. The Morgan fingerprint density at radius 2 is 1.73 bits per heavy atom. The molecule has 1 saturated carbocycles. The zero-order valence-electron chi connectivity index (χ0n) is 12.8. The average molecular weight is 325 g/mol. The predicted molar refractivity (Wildman–Crippen MR) is 88.2 cm³/mol. The smallest absolute Gasteiger partial charge is 0.244 e. The second-order valence-electron chi connectivity index (χ2n) is 5.82. The number of carbonyl (C=O) groups is 1. The summed E-state index contributed by atoms with van der Waals surface area (Å²) in [4.78, 5) is 12.2. The number of sulfonamides is 1. The Kier molecular flexibility index (Phi) is 5.08. The van der Waals surface area contributed by atoms with Gasteiger partial charge < -0.3 is 11.1 Å². The van der Waals surface area contributed by atoms with Gasteiger partial charge in [-0.3, -0.25) is 9.52 Å². The van der Waals surface area contributed by atoms with Crippen LogP contribution in [0.5, 0.6) is 0 Å². The Balaban J connectivity index is 1.99. The first-order chi connectivity index (χ1) is 10.3. The lowest BCUT2D eigenvalue weighted by molar-refractivity contribution is -0.121. The topological polar surface area (TPSA) is 101 Å². The lowest BCUT2D eigenvalue weighted by atomic mass is 9.98. The van der Waals surface area contributed by atoms with Crippen molar-refractivity contribution < 1.29 is 13.2 Å². The van der Waals surface area contributed by atoms with E-state index in [0.29, 0.717) is 30.6 Å². The van der Waals surface area contributed by atoms with Gasteiger partial charge in [-0.2, -0.15) is 0 Å². The normalized spacial score (nSPS) is 17.2. The van der Waals surface area contributed by atoms with E-state index in [1.54, 1.807) is 24.3 Å². The van der Waals surface area contributed by atoms with Gasteiger partial charge in [0.1, 0.15) is 0 Å². The van der Waals surface area contributed by atoms with Crippen molar-refractivity contribution in [2.24, 2.45) is 5.73 Å². The largest absolute Gasteiger partial charge is 0.324 e. The van der Waals surface area contributed by atoms with Gasteiger partial charge in [-0.25, -0.2) is 8.42 Å². The fourth-order valence-electron chi connectivity index (χ4n) is 2.61. The highest BCUT2D eigenvalue weighted by Gasteiger charge is 2.36. The minimum absolute atomic E-state index is 0.0845. The predicted octanol–water partition coefficient (Wildman–Crippen LogP) is 2.05. The standard InChI is InChI=1S/C15H23N3O3S/c1-2-11-22(20,21)18-13-7-5-12(6-8-13)17-14(19)15(16)9-3-4-10-15/h5-8,18H,2-4,9-11,16H2,1H3,(H,17,19). The minimum Gasteiger partial charge on any atom is -0.324 e. The number of hydrogen-bond donors (Lipinski definition) is 3. The summed E-state index contributed by atoms with van der Waals surface area (Å²) >= 11 is 0. The number of benzene rings is 1. The van der Waals surface area contributed by atoms with Crippen molar-refractivity contribution in [3.05, 3.63) is 24.3 Å². The Hall–Kier alpha value is -1.60. The quantitative estimate of drug-likeness (QED) is 0.745. The molecule has 1 aliphatic rings. The third-order valence-electron chi connectivity index (χ3n) is 3.84. The van der Waals surface area contributed by atoms with Gasteiger partial charge in [0, 0.05) is 11.4 Å². The van der Waals surface area contributed by atoms with Gasteiger partial charge in [0.05, 0.1) is 11.3 Å². The number of nitrogens with one attached hydrogen (secondary N) is 2. The van der Waals surface area contributed by atoms with Crippen molar-refractivity contribution in [1.82, 2.24) is 0 Å². The molecule has 2 rings (SSSR count). The van der Waals surface area contributed by atoms with Gasteiger partial charge in [0.2, 0.25) is 15.9 Å². The van der Waals surface area contributed by atoms with Gasteiger partial charge >= 0.3 is 0 Å². The van der Waals surface area contributed by atoms with E-state index in [1.165, 1.54) is 0 Å². The summed E-state index contributed by atoms with van der Waals surface area (Å²) in [6, 6.07) is 6.58. The Morgan fingerprint density at radius 3 is 2.27 bits per heavy atom. The molecule has 0 radical (unpaired) electrons. The molecule has 1 aliphatic carbocycles. The van der Waals surface area contributed by atoms with Gasteiger partial charge in [0.25, 0.3) is 0 Å². The van der Waals surface area contributed by atoms with Crippen molar-refractivity contribution in [3.8, 4) is 0 Å². The number of amides is 1. The molecule has 0 atom stereocenters. The van der Waals surface area contributed by atoms with Gasteiger partial charge in [0.15, 0.2) is 0 Å². The summed E-state index contributed by atoms with van der Waals surface area (Å²) in [5.41, 5.74) is 6.41. The van der Waals surface area contributed by atoms with Crippen molar-refractivity contribution in [1.29, 1.82) is 0 Å². The minimum atomic E-state index is -3.30. The molecular weight excluding hydrogens is 302 g/mol. The first kappa shape index (κ1) is 16.8. The van der Waals surface area contributed by atoms with Crippen LogP contribution in [0.25, 0.3) is 0 Å². The first-order valence-electron chi connectivity index (χ1n) is 7.55. The van der Waals surface area contributed by atoms with Crippen LogP contribution in [0.3, 0.4) is 0 Å². The molecule has 7 heteroatoms. The van der Waals surface area contributed by atoms with Crippen molar-refractivity contribution in [3.63, 3.8) is 0 Å². The maximum Gasteiger partial charge on any atom is 0.244 e. The molecule has 1 aromatic carbocycles. The molecule has 4 N–H and O–H groups in total. The number of carbonyl (C=O) groups excluding carboxylic acids is 1. The second kappa shape index (κ2) is 6.66. The molecule has 1 aromatic rings. The van der Waals surface area contributed by atoms with Crippen LogP contribution in [-0.4, -0.2) is 25.6 Å². The lowest BCUT2D eigenvalue weighted by Crippen LogP contribution is -2.48. The highest BCUT2D eigenvalue weighted by Crippen LogP contribution is 2.28. The molecule has 22 heavy (non-hydrogen) atoms. The van der Waals surface area contributed by atoms with Crippen LogP contribution in [0.2, 0.25) is 0 Å². The fourth-order valence-corrected chi connectivity index (χ4v) is 3.74. The molecule has 122 valence electrons. The summed E-state index contributed by atoms with van der Waals surface area (Å²) in [5, 5.41) is 2.80. The summed E-state index contributed by atoms with van der Waals surface area (Å²) in [5.74, 6) is -0.0921. The van der Waals surface area contributed by atoms with Gasteiger partial charge in [-0.1, -0.05) is 19.8 Å². The third kappa shape index (κ3) is 4.20. The Labute approximate surface area is 131 Å². The molecule has 0 unspecified atom stereocenters. The first-order valence-corrected chi connectivity index (χ1v) is 9.21. The van der Waals surface area contributed by atoms with Crippen LogP contribution < -0.4 is 15.8 Å². The summed E-state index contributed by atoms with van der Waals surface area (Å²) in [6.07, 6.45) is 3.91. The average Bonchev–Trinajstić information content (AvgIpc) is 2.89. The van der Waals surface area contributed by atoms with E-state index < -0.39 is 15.6 Å². The van der Waals surface area contributed by atoms with E-state index in [2.05, 4.69) is 10.0 Å². The molecule has 1 fully saturated rings. The molecule has 0 heterocycles. The molecular formula is C15H23N3O3S. The van der Waals surface area contributed by atoms with Crippen LogP contribution in [0.15, 0.2) is 24.3 Å². The zero-order chi connectivity index (χ0) is 16.2. The van der Waals surface area contributed by atoms with Crippen LogP contribution in [0, 0.1) is 0 Å². The van der Waals surface area contributed by atoms with Crippen LogP contribution in [0.4, 0.5) is 11.4 Å². The SMILES string of the molecule is CCCS(=O)(=O)Nc1ccc(NC(=O)C2(N)CCCC2)cc1. The summed E-state index contributed by atoms with van der Waals surface area (Å²) < 4.78 is 25.9. The summed E-state index contributed by atoms with van der Waals surface area (Å²) in [7, 11) is -3.30.